The van der Waals surface area contributed by atoms with Crippen LogP contribution in [0.4, 0.5) is 17.6 Å². The number of hydrogen-bond donors (Lipinski definition) is 2. The van der Waals surface area contributed by atoms with Crippen molar-refractivity contribution in [2.24, 2.45) is 0 Å². The summed E-state index contributed by atoms with van der Waals surface area (Å²) in [7, 11) is 0. The van der Waals surface area contributed by atoms with Crippen molar-refractivity contribution in [3.63, 3.8) is 0 Å². The molecule has 0 aliphatic heterocycles. The standard InChI is InChI=1S/C17H13F4N5O3/c1-8-6-12(9(2)29-8)15(27)23-24-16(28)13-14(17(19,20)21)26(25-22-13)11-5-3-4-10(18)7-11/h3-7H,1-2H3,(H,23,27)(H,24,28). The molecule has 0 radical (unpaired) electrons. The first-order chi connectivity index (χ1) is 13.6. The molecule has 2 aromatic heterocycles. The quantitative estimate of drug-likeness (QED) is 0.510. The molecule has 0 saturated carbocycles. The third kappa shape index (κ3) is 4.10. The molecule has 3 rings (SSSR count). The van der Waals surface area contributed by atoms with Gasteiger partial charge in [-0.3, -0.25) is 20.4 Å². The lowest BCUT2D eigenvalue weighted by Gasteiger charge is -2.11. The fourth-order valence-electron chi connectivity index (χ4n) is 2.57. The topological polar surface area (TPSA) is 102 Å². The molecule has 152 valence electrons. The Balaban J connectivity index is 1.87. The Morgan fingerprint density at radius 1 is 1.10 bits per heavy atom. The predicted octanol–water partition coefficient (Wildman–Crippen LogP) is 2.71. The van der Waals surface area contributed by atoms with Gasteiger partial charge in [0.25, 0.3) is 11.8 Å². The number of carbonyl (C=O) groups excluding carboxylic acids is 2. The summed E-state index contributed by atoms with van der Waals surface area (Å²) in [6, 6.07) is 5.59. The summed E-state index contributed by atoms with van der Waals surface area (Å²) in [4.78, 5) is 24.3. The van der Waals surface area contributed by atoms with Crippen molar-refractivity contribution in [1.82, 2.24) is 25.8 Å². The van der Waals surface area contributed by atoms with E-state index in [2.05, 4.69) is 10.3 Å². The van der Waals surface area contributed by atoms with Crippen molar-refractivity contribution in [1.29, 1.82) is 0 Å². The zero-order valence-corrected chi connectivity index (χ0v) is 15.0. The maximum Gasteiger partial charge on any atom is 0.435 e. The number of benzene rings is 1. The first-order valence-electron chi connectivity index (χ1n) is 8.04. The van der Waals surface area contributed by atoms with E-state index in [-0.39, 0.29) is 17.0 Å². The summed E-state index contributed by atoms with van der Waals surface area (Å²) in [6.07, 6.45) is -5.04. The smallest absolute Gasteiger partial charge is 0.435 e. The second-order valence-corrected chi connectivity index (χ2v) is 5.91. The molecule has 0 saturated heterocycles. The molecule has 0 atom stereocenters. The molecule has 2 N–H and O–H groups in total. The number of halogens is 4. The Labute approximate surface area is 160 Å². The summed E-state index contributed by atoms with van der Waals surface area (Å²) in [5, 5.41) is 6.56. The molecule has 0 aliphatic rings. The van der Waals surface area contributed by atoms with Gasteiger partial charge in [0.1, 0.15) is 17.3 Å². The van der Waals surface area contributed by atoms with E-state index in [9.17, 15) is 27.2 Å². The average molecular weight is 411 g/mol. The molecule has 12 heteroatoms. The molecule has 0 bridgehead atoms. The van der Waals surface area contributed by atoms with Crippen LogP contribution in [0.2, 0.25) is 0 Å². The van der Waals surface area contributed by atoms with Gasteiger partial charge >= 0.3 is 6.18 Å². The summed E-state index contributed by atoms with van der Waals surface area (Å²) < 4.78 is 59.4. The van der Waals surface area contributed by atoms with Crippen LogP contribution in [-0.4, -0.2) is 26.8 Å². The number of aryl methyl sites for hydroxylation is 2. The molecule has 2 heterocycles. The van der Waals surface area contributed by atoms with E-state index in [1.54, 1.807) is 6.92 Å². The summed E-state index contributed by atoms with van der Waals surface area (Å²) in [6.45, 7) is 3.11. The maximum absolute atomic E-state index is 13.5. The Morgan fingerprint density at radius 3 is 2.38 bits per heavy atom. The average Bonchev–Trinajstić information content (AvgIpc) is 3.22. The molecule has 8 nitrogen and oxygen atoms in total. The number of hydrogen-bond acceptors (Lipinski definition) is 5. The Bertz CT molecular complexity index is 1090. The van der Waals surface area contributed by atoms with E-state index >= 15 is 0 Å². The number of hydrazine groups is 1. The van der Waals surface area contributed by atoms with Gasteiger partial charge in [-0.2, -0.15) is 13.2 Å². The van der Waals surface area contributed by atoms with Crippen LogP contribution in [0.25, 0.3) is 5.69 Å². The van der Waals surface area contributed by atoms with E-state index in [1.165, 1.54) is 25.1 Å². The highest BCUT2D eigenvalue weighted by atomic mass is 19.4. The number of alkyl halides is 3. The van der Waals surface area contributed by atoms with Gasteiger partial charge in [0.2, 0.25) is 0 Å². The van der Waals surface area contributed by atoms with Crippen molar-refractivity contribution in [2.75, 3.05) is 0 Å². The fourth-order valence-corrected chi connectivity index (χ4v) is 2.57. The van der Waals surface area contributed by atoms with Crippen LogP contribution in [0.5, 0.6) is 0 Å². The first kappa shape index (κ1) is 20.0. The zero-order chi connectivity index (χ0) is 21.3. The van der Waals surface area contributed by atoms with Crippen LogP contribution in [0, 0.1) is 19.7 Å². The van der Waals surface area contributed by atoms with Gasteiger partial charge in [-0.1, -0.05) is 11.3 Å². The molecule has 29 heavy (non-hydrogen) atoms. The largest absolute Gasteiger partial charge is 0.466 e. The summed E-state index contributed by atoms with van der Waals surface area (Å²) in [5.41, 5.74) is 1.04. The molecular weight excluding hydrogens is 398 g/mol. The summed E-state index contributed by atoms with van der Waals surface area (Å²) >= 11 is 0. The lowest BCUT2D eigenvalue weighted by molar-refractivity contribution is -0.143. The number of nitrogens with zero attached hydrogens (tertiary/aromatic N) is 3. The third-order valence-electron chi connectivity index (χ3n) is 3.78. The van der Waals surface area contributed by atoms with Crippen LogP contribution in [-0.2, 0) is 6.18 Å². The highest BCUT2D eigenvalue weighted by Crippen LogP contribution is 2.32. The fraction of sp³-hybridized carbons (Fsp3) is 0.176. The Hall–Kier alpha value is -3.70. The predicted molar refractivity (Wildman–Crippen MR) is 89.4 cm³/mol. The molecule has 1 aromatic carbocycles. The van der Waals surface area contributed by atoms with Gasteiger partial charge in [-0.15, -0.1) is 5.10 Å². The highest BCUT2D eigenvalue weighted by molar-refractivity contribution is 5.99. The van der Waals surface area contributed by atoms with Crippen LogP contribution in [0.15, 0.2) is 34.7 Å². The van der Waals surface area contributed by atoms with E-state index in [0.717, 1.165) is 12.1 Å². The van der Waals surface area contributed by atoms with Gasteiger partial charge in [0.15, 0.2) is 11.4 Å². The molecule has 3 aromatic rings. The maximum atomic E-state index is 13.5. The Morgan fingerprint density at radius 2 is 1.79 bits per heavy atom. The van der Waals surface area contributed by atoms with Crippen LogP contribution < -0.4 is 10.9 Å². The van der Waals surface area contributed by atoms with Crippen LogP contribution >= 0.6 is 0 Å². The minimum absolute atomic E-state index is 0.0993. The molecule has 2 amide bonds. The highest BCUT2D eigenvalue weighted by Gasteiger charge is 2.42. The molecule has 0 fully saturated rings. The number of furan rings is 1. The lowest BCUT2D eigenvalue weighted by atomic mass is 10.2. The van der Waals surface area contributed by atoms with E-state index < -0.39 is 35.2 Å². The van der Waals surface area contributed by atoms with Crippen molar-refractivity contribution in [3.05, 3.63) is 64.6 Å². The Kier molecular flexibility index (Phi) is 5.10. The SMILES string of the molecule is Cc1cc(C(=O)NNC(=O)c2nnn(-c3cccc(F)c3)c2C(F)(F)F)c(C)o1. The molecular formula is C17H13F4N5O3. The second kappa shape index (κ2) is 7.37. The van der Waals surface area contributed by atoms with Gasteiger partial charge < -0.3 is 4.42 Å². The summed E-state index contributed by atoms with van der Waals surface area (Å²) in [5.74, 6) is -2.24. The normalized spacial score (nSPS) is 11.4. The first-order valence-corrected chi connectivity index (χ1v) is 8.04. The van der Waals surface area contributed by atoms with Gasteiger partial charge in [0.05, 0.1) is 11.3 Å². The van der Waals surface area contributed by atoms with Crippen LogP contribution in [0.1, 0.15) is 38.1 Å². The van der Waals surface area contributed by atoms with Crippen LogP contribution in [0.3, 0.4) is 0 Å². The molecule has 0 aliphatic carbocycles. The number of amides is 2. The number of aromatic nitrogens is 3. The van der Waals surface area contributed by atoms with Crippen molar-refractivity contribution >= 4 is 11.8 Å². The lowest BCUT2D eigenvalue weighted by Crippen LogP contribution is -2.42. The number of carbonyl (C=O) groups is 2. The van der Waals surface area contributed by atoms with Crippen molar-refractivity contribution in [2.45, 2.75) is 20.0 Å². The van der Waals surface area contributed by atoms with Gasteiger partial charge in [-0.25, -0.2) is 9.07 Å². The van der Waals surface area contributed by atoms with E-state index in [0.29, 0.717) is 10.4 Å². The number of rotatable bonds is 3. The molecule has 0 spiro atoms. The zero-order valence-electron chi connectivity index (χ0n) is 15.0. The van der Waals surface area contributed by atoms with E-state index in [4.69, 9.17) is 4.42 Å². The minimum atomic E-state index is -5.04. The third-order valence-corrected chi connectivity index (χ3v) is 3.78. The molecule has 0 unspecified atom stereocenters. The van der Waals surface area contributed by atoms with Crippen molar-refractivity contribution in [3.8, 4) is 5.69 Å². The van der Waals surface area contributed by atoms with E-state index in [1.807, 2.05) is 10.9 Å². The van der Waals surface area contributed by atoms with Gasteiger partial charge in [-0.05, 0) is 38.1 Å². The van der Waals surface area contributed by atoms with Gasteiger partial charge in [0, 0.05) is 0 Å². The second-order valence-electron chi connectivity index (χ2n) is 5.91. The monoisotopic (exact) mass is 411 g/mol. The van der Waals surface area contributed by atoms with Crippen molar-refractivity contribution < 1.29 is 31.6 Å². The number of nitrogens with one attached hydrogen (secondary N) is 2. The minimum Gasteiger partial charge on any atom is -0.466 e.